The van der Waals surface area contributed by atoms with Gasteiger partial charge >= 0.3 is 6.09 Å². The summed E-state index contributed by atoms with van der Waals surface area (Å²) in [6.45, 7) is 5.97. The van der Waals surface area contributed by atoms with Crippen LogP contribution in [0.25, 0.3) is 0 Å². The molecule has 2 aliphatic rings. The van der Waals surface area contributed by atoms with Crippen molar-refractivity contribution in [2.24, 2.45) is 0 Å². The molecule has 0 saturated carbocycles. The Hall–Kier alpha value is -4.47. The predicted molar refractivity (Wildman–Crippen MR) is 149 cm³/mol. The molecule has 0 bridgehead atoms. The molecule has 3 aromatic rings. The van der Waals surface area contributed by atoms with Gasteiger partial charge in [0.05, 0.1) is 17.6 Å². The van der Waals surface area contributed by atoms with Crippen molar-refractivity contribution >= 4 is 35.0 Å². The largest absolute Gasteiger partial charge is 0.465 e. The molecule has 5 rings (SSSR count). The summed E-state index contributed by atoms with van der Waals surface area (Å²) in [5.41, 5.74) is 4.19. The molecule has 1 aromatic heterocycles. The first kappa shape index (κ1) is 26.1. The lowest BCUT2D eigenvalue weighted by molar-refractivity contribution is 0.0888. The Morgan fingerprint density at radius 3 is 2.33 bits per heavy atom. The Morgan fingerprint density at radius 1 is 0.897 bits per heavy atom. The predicted octanol–water partition coefficient (Wildman–Crippen LogP) is 4.04. The second-order valence-electron chi connectivity index (χ2n) is 9.97. The average molecular weight is 532 g/mol. The molecule has 2 aromatic carbocycles. The zero-order chi connectivity index (χ0) is 27.4. The molecule has 204 valence electrons. The van der Waals surface area contributed by atoms with E-state index in [-0.39, 0.29) is 24.3 Å². The SMILES string of the molecule is Cc1ccccc1N1CCN(c2ccc(C(=O)N[C@@H]3CCCN(C(=O)O)C3)cc2NC(=O)c2ccco2)CC1. The first-order valence-corrected chi connectivity index (χ1v) is 13.2. The van der Waals surface area contributed by atoms with Gasteiger partial charge in [0.15, 0.2) is 5.76 Å². The van der Waals surface area contributed by atoms with Crippen LogP contribution in [-0.4, -0.2) is 73.2 Å². The maximum atomic E-state index is 13.1. The van der Waals surface area contributed by atoms with Gasteiger partial charge in [-0.1, -0.05) is 18.2 Å². The Morgan fingerprint density at radius 2 is 1.64 bits per heavy atom. The number of furan rings is 1. The maximum Gasteiger partial charge on any atom is 0.407 e. The summed E-state index contributed by atoms with van der Waals surface area (Å²) in [7, 11) is 0. The third-order valence-corrected chi connectivity index (χ3v) is 7.36. The zero-order valence-corrected chi connectivity index (χ0v) is 21.9. The normalized spacial score (nSPS) is 17.6. The molecule has 2 saturated heterocycles. The van der Waals surface area contributed by atoms with Gasteiger partial charge in [-0.05, 0) is 61.7 Å². The number of hydrogen-bond donors (Lipinski definition) is 3. The van der Waals surface area contributed by atoms with Gasteiger partial charge in [-0.3, -0.25) is 9.59 Å². The van der Waals surface area contributed by atoms with Crippen LogP contribution in [0, 0.1) is 6.92 Å². The van der Waals surface area contributed by atoms with Gasteiger partial charge in [-0.15, -0.1) is 0 Å². The number of piperazine rings is 1. The lowest BCUT2D eigenvalue weighted by Crippen LogP contribution is -2.49. The summed E-state index contributed by atoms with van der Waals surface area (Å²) in [5.74, 6) is -0.533. The Labute approximate surface area is 227 Å². The molecule has 10 nitrogen and oxygen atoms in total. The lowest BCUT2D eigenvalue weighted by atomic mass is 10.0. The van der Waals surface area contributed by atoms with E-state index in [0.717, 1.165) is 31.9 Å². The van der Waals surface area contributed by atoms with Gasteiger partial charge in [-0.25, -0.2) is 4.79 Å². The molecule has 3 heterocycles. The molecular weight excluding hydrogens is 498 g/mol. The van der Waals surface area contributed by atoms with Crippen molar-refractivity contribution in [1.82, 2.24) is 10.2 Å². The van der Waals surface area contributed by atoms with Crippen LogP contribution in [0.3, 0.4) is 0 Å². The minimum absolute atomic E-state index is 0.177. The van der Waals surface area contributed by atoms with E-state index in [9.17, 15) is 19.5 Å². The van der Waals surface area contributed by atoms with Crippen LogP contribution in [-0.2, 0) is 0 Å². The highest BCUT2D eigenvalue weighted by atomic mass is 16.4. The molecule has 39 heavy (non-hydrogen) atoms. The lowest BCUT2D eigenvalue weighted by Gasteiger charge is -2.38. The molecule has 0 spiro atoms. The smallest absolute Gasteiger partial charge is 0.407 e. The van der Waals surface area contributed by atoms with Crippen LogP contribution in [0.15, 0.2) is 65.3 Å². The van der Waals surface area contributed by atoms with Crippen molar-refractivity contribution in [2.75, 3.05) is 54.4 Å². The molecule has 1 atom stereocenters. The number of carbonyl (C=O) groups is 3. The second kappa shape index (κ2) is 11.5. The minimum atomic E-state index is -0.983. The van der Waals surface area contributed by atoms with E-state index in [4.69, 9.17) is 4.42 Å². The van der Waals surface area contributed by atoms with Gasteiger partial charge in [0, 0.05) is 56.6 Å². The molecule has 10 heteroatoms. The molecule has 2 fully saturated rings. The summed E-state index contributed by atoms with van der Waals surface area (Å²) in [6.07, 6.45) is 1.86. The van der Waals surface area contributed by atoms with E-state index in [2.05, 4.69) is 39.5 Å². The van der Waals surface area contributed by atoms with Crippen molar-refractivity contribution in [3.05, 3.63) is 77.7 Å². The molecule has 0 aliphatic carbocycles. The Kier molecular flexibility index (Phi) is 7.72. The molecule has 0 unspecified atom stereocenters. The fourth-order valence-electron chi connectivity index (χ4n) is 5.29. The third-order valence-electron chi connectivity index (χ3n) is 7.36. The van der Waals surface area contributed by atoms with E-state index in [1.807, 2.05) is 18.2 Å². The molecule has 2 aliphatic heterocycles. The average Bonchev–Trinajstić information content (AvgIpc) is 3.49. The van der Waals surface area contributed by atoms with Crippen LogP contribution < -0.4 is 20.4 Å². The third kappa shape index (κ3) is 6.00. The fourth-order valence-corrected chi connectivity index (χ4v) is 5.29. The second-order valence-corrected chi connectivity index (χ2v) is 9.97. The summed E-state index contributed by atoms with van der Waals surface area (Å²) in [4.78, 5) is 43.3. The van der Waals surface area contributed by atoms with Crippen LogP contribution in [0.5, 0.6) is 0 Å². The number of anilines is 3. The van der Waals surface area contributed by atoms with Crippen LogP contribution in [0.4, 0.5) is 21.9 Å². The number of para-hydroxylation sites is 1. The van der Waals surface area contributed by atoms with Gasteiger partial charge in [0.25, 0.3) is 11.8 Å². The van der Waals surface area contributed by atoms with Crippen LogP contribution >= 0.6 is 0 Å². The highest BCUT2D eigenvalue weighted by Crippen LogP contribution is 2.30. The molecule has 0 radical (unpaired) electrons. The highest BCUT2D eigenvalue weighted by molar-refractivity contribution is 6.05. The number of carboxylic acid groups (broad SMARTS) is 1. The number of hydrogen-bond acceptors (Lipinski definition) is 6. The number of rotatable bonds is 6. The van der Waals surface area contributed by atoms with Crippen molar-refractivity contribution < 1.29 is 23.9 Å². The number of nitrogens with one attached hydrogen (secondary N) is 2. The number of piperidine rings is 1. The monoisotopic (exact) mass is 531 g/mol. The minimum Gasteiger partial charge on any atom is -0.465 e. The molecular formula is C29H33N5O5. The quantitative estimate of drug-likeness (QED) is 0.439. The summed E-state index contributed by atoms with van der Waals surface area (Å²) < 4.78 is 5.27. The van der Waals surface area contributed by atoms with E-state index in [1.54, 1.807) is 24.3 Å². The molecule has 3 amide bonds. The Balaban J connectivity index is 1.34. The summed E-state index contributed by atoms with van der Waals surface area (Å²) in [5, 5.41) is 15.2. The molecule has 3 N–H and O–H groups in total. The topological polar surface area (TPSA) is 118 Å². The van der Waals surface area contributed by atoms with Crippen molar-refractivity contribution in [3.63, 3.8) is 0 Å². The van der Waals surface area contributed by atoms with Gasteiger partial charge < -0.3 is 34.9 Å². The number of nitrogens with zero attached hydrogens (tertiary/aromatic N) is 3. The van der Waals surface area contributed by atoms with Crippen LogP contribution in [0.2, 0.25) is 0 Å². The van der Waals surface area contributed by atoms with Crippen LogP contribution in [0.1, 0.15) is 39.3 Å². The van der Waals surface area contributed by atoms with Crippen molar-refractivity contribution in [1.29, 1.82) is 0 Å². The zero-order valence-electron chi connectivity index (χ0n) is 21.9. The highest BCUT2D eigenvalue weighted by Gasteiger charge is 2.26. The van der Waals surface area contributed by atoms with E-state index >= 15 is 0 Å². The fraction of sp³-hybridized carbons (Fsp3) is 0.345. The number of likely N-dealkylation sites (tertiary alicyclic amines) is 1. The summed E-state index contributed by atoms with van der Waals surface area (Å²) in [6, 6.07) is 16.6. The van der Waals surface area contributed by atoms with E-state index < -0.39 is 12.0 Å². The van der Waals surface area contributed by atoms with E-state index in [1.165, 1.54) is 22.4 Å². The van der Waals surface area contributed by atoms with Crippen molar-refractivity contribution in [3.8, 4) is 0 Å². The first-order valence-electron chi connectivity index (χ1n) is 13.2. The number of carbonyl (C=O) groups excluding carboxylic acids is 2. The number of amides is 3. The van der Waals surface area contributed by atoms with Crippen molar-refractivity contribution in [2.45, 2.75) is 25.8 Å². The Bertz CT molecular complexity index is 1330. The first-order chi connectivity index (χ1) is 18.9. The van der Waals surface area contributed by atoms with Gasteiger partial charge in [-0.2, -0.15) is 0 Å². The number of aryl methyl sites for hydroxylation is 1. The van der Waals surface area contributed by atoms with Gasteiger partial charge in [0.1, 0.15) is 0 Å². The standard InChI is InChI=1S/C29H33N5O5/c1-20-6-2-3-8-24(20)32-13-15-33(16-14-32)25-11-10-21(18-23(25)31-28(36)26-9-5-17-39-26)27(35)30-22-7-4-12-34(19-22)29(37)38/h2-3,5-6,8-11,17-18,22H,4,7,12-16,19H2,1H3,(H,30,35)(H,31,36)(H,37,38)/t22-/m1/s1. The number of benzene rings is 2. The summed E-state index contributed by atoms with van der Waals surface area (Å²) >= 11 is 0. The van der Waals surface area contributed by atoms with Gasteiger partial charge in [0.2, 0.25) is 0 Å². The maximum absolute atomic E-state index is 13.1. The van der Waals surface area contributed by atoms with E-state index in [0.29, 0.717) is 30.6 Å².